The Morgan fingerprint density at radius 1 is 1.00 bits per heavy atom. The Kier molecular flexibility index (Phi) is 4.98. The van der Waals surface area contributed by atoms with Crippen LogP contribution in [0.4, 0.5) is 16.2 Å². The molecule has 1 aliphatic heterocycles. The summed E-state index contributed by atoms with van der Waals surface area (Å²) in [6.07, 6.45) is 0.313. The van der Waals surface area contributed by atoms with Crippen LogP contribution < -0.4 is 15.5 Å². The highest BCUT2D eigenvalue weighted by molar-refractivity contribution is 5.97. The molecular formula is C21H25N3O2. The van der Waals surface area contributed by atoms with Gasteiger partial charge in [-0.1, -0.05) is 12.1 Å². The zero-order chi connectivity index (χ0) is 18.8. The fourth-order valence-corrected chi connectivity index (χ4v) is 3.35. The molecule has 1 saturated heterocycles. The van der Waals surface area contributed by atoms with E-state index in [9.17, 15) is 9.59 Å². The Morgan fingerprint density at radius 2 is 1.69 bits per heavy atom. The minimum Gasteiger partial charge on any atom is -0.333 e. The maximum atomic E-state index is 12.4. The third-order valence-corrected chi connectivity index (χ3v) is 4.74. The van der Waals surface area contributed by atoms with Crippen LogP contribution in [0.15, 0.2) is 36.4 Å². The van der Waals surface area contributed by atoms with E-state index in [1.54, 1.807) is 4.90 Å². The van der Waals surface area contributed by atoms with Crippen molar-refractivity contribution in [3.05, 3.63) is 58.7 Å². The Labute approximate surface area is 154 Å². The first kappa shape index (κ1) is 18.0. The van der Waals surface area contributed by atoms with Gasteiger partial charge in [-0.2, -0.15) is 0 Å². The number of carbonyl (C=O) groups excluding carboxylic acids is 2. The van der Waals surface area contributed by atoms with Crippen molar-refractivity contribution in [1.82, 2.24) is 5.32 Å². The molecule has 5 heteroatoms. The van der Waals surface area contributed by atoms with Crippen molar-refractivity contribution in [2.24, 2.45) is 0 Å². The van der Waals surface area contributed by atoms with Crippen LogP contribution in [0.2, 0.25) is 0 Å². The lowest BCUT2D eigenvalue weighted by Crippen LogP contribution is -2.39. The van der Waals surface area contributed by atoms with Crippen LogP contribution in [0, 0.1) is 27.7 Å². The van der Waals surface area contributed by atoms with Crippen LogP contribution >= 0.6 is 0 Å². The Bertz CT molecular complexity index is 840. The fraction of sp³-hybridized carbons (Fsp3) is 0.333. The summed E-state index contributed by atoms with van der Waals surface area (Å²) in [6, 6.07) is 11.4. The van der Waals surface area contributed by atoms with Crippen molar-refractivity contribution in [3.8, 4) is 0 Å². The van der Waals surface area contributed by atoms with Gasteiger partial charge in [-0.3, -0.25) is 4.79 Å². The number of rotatable bonds is 3. The molecule has 26 heavy (non-hydrogen) atoms. The van der Waals surface area contributed by atoms with E-state index < -0.39 is 0 Å². The first-order valence-corrected chi connectivity index (χ1v) is 8.85. The predicted octanol–water partition coefficient (Wildman–Crippen LogP) is 3.85. The number of amides is 3. The molecule has 5 nitrogen and oxygen atoms in total. The number of hydrogen-bond donors (Lipinski definition) is 2. The summed E-state index contributed by atoms with van der Waals surface area (Å²) < 4.78 is 0. The molecule has 0 spiro atoms. The minimum atomic E-state index is -0.283. The monoisotopic (exact) mass is 351 g/mol. The molecule has 136 valence electrons. The van der Waals surface area contributed by atoms with Crippen LogP contribution in [0.1, 0.15) is 28.7 Å². The van der Waals surface area contributed by atoms with Crippen molar-refractivity contribution in [1.29, 1.82) is 0 Å². The molecule has 2 aromatic rings. The third kappa shape index (κ3) is 4.04. The van der Waals surface area contributed by atoms with Gasteiger partial charge in [0.05, 0.1) is 6.04 Å². The second-order valence-corrected chi connectivity index (χ2v) is 7.15. The molecule has 3 rings (SSSR count). The molecule has 1 fully saturated rings. The molecule has 2 N–H and O–H groups in total. The average Bonchev–Trinajstić information content (AvgIpc) is 2.89. The smallest absolute Gasteiger partial charge is 0.319 e. The van der Waals surface area contributed by atoms with Crippen LogP contribution in [0.5, 0.6) is 0 Å². The van der Waals surface area contributed by atoms with E-state index >= 15 is 0 Å². The van der Waals surface area contributed by atoms with Gasteiger partial charge in [0.2, 0.25) is 5.91 Å². The highest BCUT2D eigenvalue weighted by Crippen LogP contribution is 2.24. The lowest BCUT2D eigenvalue weighted by Gasteiger charge is -2.18. The molecular weight excluding hydrogens is 326 g/mol. The maximum absolute atomic E-state index is 12.4. The van der Waals surface area contributed by atoms with Crippen molar-refractivity contribution in [2.45, 2.75) is 40.2 Å². The quantitative estimate of drug-likeness (QED) is 0.882. The van der Waals surface area contributed by atoms with Gasteiger partial charge < -0.3 is 15.5 Å². The largest absolute Gasteiger partial charge is 0.333 e. The summed E-state index contributed by atoms with van der Waals surface area (Å²) in [5.41, 5.74) is 6.18. The summed E-state index contributed by atoms with van der Waals surface area (Å²) in [4.78, 5) is 26.4. The number of nitrogens with one attached hydrogen (secondary N) is 2. The van der Waals surface area contributed by atoms with Gasteiger partial charge in [0.25, 0.3) is 0 Å². The van der Waals surface area contributed by atoms with E-state index in [0.717, 1.165) is 28.1 Å². The van der Waals surface area contributed by atoms with Gasteiger partial charge >= 0.3 is 6.03 Å². The minimum absolute atomic E-state index is 0.0324. The van der Waals surface area contributed by atoms with Crippen molar-refractivity contribution < 1.29 is 9.59 Å². The lowest BCUT2D eigenvalue weighted by atomic mass is 10.1. The van der Waals surface area contributed by atoms with E-state index in [0.29, 0.717) is 13.0 Å². The standard InChI is InChI=1S/C21H25N3O2/c1-13-7-14(2)9-17(8-13)22-21(26)23-18-11-20(25)24(12-18)19-6-5-15(3)16(4)10-19/h5-10,18H,11-12H2,1-4H3,(H2,22,23,26)/t18-/m1/s1. The number of carbonyl (C=O) groups is 2. The molecule has 0 aliphatic carbocycles. The zero-order valence-electron chi connectivity index (χ0n) is 15.7. The number of benzene rings is 2. The summed E-state index contributed by atoms with van der Waals surface area (Å²) >= 11 is 0. The SMILES string of the molecule is Cc1cc(C)cc(NC(=O)N[C@@H]2CC(=O)N(c3ccc(C)c(C)c3)C2)c1. The second kappa shape index (κ2) is 7.20. The highest BCUT2D eigenvalue weighted by atomic mass is 16.2. The van der Waals surface area contributed by atoms with E-state index in [1.165, 1.54) is 5.56 Å². The molecule has 1 atom stereocenters. The number of urea groups is 1. The Morgan fingerprint density at radius 3 is 2.35 bits per heavy atom. The van der Waals surface area contributed by atoms with Crippen LogP contribution in [-0.2, 0) is 4.79 Å². The molecule has 3 amide bonds. The lowest BCUT2D eigenvalue weighted by molar-refractivity contribution is -0.117. The zero-order valence-corrected chi connectivity index (χ0v) is 15.7. The van der Waals surface area contributed by atoms with Gasteiger partial charge in [0.15, 0.2) is 0 Å². The fourth-order valence-electron chi connectivity index (χ4n) is 3.35. The predicted molar refractivity (Wildman–Crippen MR) is 105 cm³/mol. The van der Waals surface area contributed by atoms with E-state index in [-0.39, 0.29) is 18.0 Å². The number of aryl methyl sites for hydroxylation is 4. The van der Waals surface area contributed by atoms with Crippen LogP contribution in [0.3, 0.4) is 0 Å². The first-order valence-electron chi connectivity index (χ1n) is 8.85. The molecule has 0 bridgehead atoms. The summed E-state index contributed by atoms with van der Waals surface area (Å²) in [6.45, 7) is 8.56. The molecule has 2 aromatic carbocycles. The molecule has 1 aliphatic rings. The normalized spacial score (nSPS) is 16.7. The molecule has 1 heterocycles. The van der Waals surface area contributed by atoms with Crippen LogP contribution in [-0.4, -0.2) is 24.5 Å². The summed E-state index contributed by atoms with van der Waals surface area (Å²) in [5, 5.41) is 5.77. The molecule has 0 saturated carbocycles. The van der Waals surface area contributed by atoms with E-state index in [1.807, 2.05) is 58.0 Å². The van der Waals surface area contributed by atoms with Crippen molar-refractivity contribution >= 4 is 23.3 Å². The van der Waals surface area contributed by atoms with Gasteiger partial charge in [0.1, 0.15) is 0 Å². The second-order valence-electron chi connectivity index (χ2n) is 7.15. The van der Waals surface area contributed by atoms with Gasteiger partial charge in [-0.05, 0) is 74.2 Å². The summed E-state index contributed by atoms with van der Waals surface area (Å²) in [7, 11) is 0. The van der Waals surface area contributed by atoms with Crippen LogP contribution in [0.25, 0.3) is 0 Å². The highest BCUT2D eigenvalue weighted by Gasteiger charge is 2.31. The number of hydrogen-bond acceptors (Lipinski definition) is 2. The van der Waals surface area contributed by atoms with E-state index in [2.05, 4.69) is 16.7 Å². The van der Waals surface area contributed by atoms with E-state index in [4.69, 9.17) is 0 Å². The molecule has 0 unspecified atom stereocenters. The summed E-state index contributed by atoms with van der Waals surface area (Å²) in [5.74, 6) is 0.0324. The number of anilines is 2. The molecule has 0 aromatic heterocycles. The Balaban J connectivity index is 1.63. The third-order valence-electron chi connectivity index (χ3n) is 4.74. The number of nitrogens with zero attached hydrogens (tertiary/aromatic N) is 1. The van der Waals surface area contributed by atoms with Crippen molar-refractivity contribution in [3.63, 3.8) is 0 Å². The van der Waals surface area contributed by atoms with Gasteiger partial charge in [0, 0.05) is 24.3 Å². The van der Waals surface area contributed by atoms with Crippen molar-refractivity contribution in [2.75, 3.05) is 16.8 Å². The molecule has 0 radical (unpaired) electrons. The average molecular weight is 351 g/mol. The van der Waals surface area contributed by atoms with Gasteiger partial charge in [-0.15, -0.1) is 0 Å². The topological polar surface area (TPSA) is 61.4 Å². The first-order chi connectivity index (χ1) is 12.3. The maximum Gasteiger partial charge on any atom is 0.319 e. The van der Waals surface area contributed by atoms with Gasteiger partial charge in [-0.25, -0.2) is 4.79 Å². The Hall–Kier alpha value is -2.82.